The van der Waals surface area contributed by atoms with Crippen LogP contribution in [0.3, 0.4) is 0 Å². The molecule has 1 aromatic rings. The van der Waals surface area contributed by atoms with Crippen LogP contribution < -0.4 is 10.2 Å². The van der Waals surface area contributed by atoms with Crippen LogP contribution >= 0.6 is 0 Å². The van der Waals surface area contributed by atoms with E-state index in [2.05, 4.69) is 10.5 Å². The second kappa shape index (κ2) is 6.68. The van der Waals surface area contributed by atoms with E-state index in [1.54, 1.807) is 24.4 Å². The van der Waals surface area contributed by atoms with Gasteiger partial charge in [0.05, 0.1) is 26.0 Å². The molecule has 0 bridgehead atoms. The number of hydrogen-bond acceptors (Lipinski definition) is 5. The van der Waals surface area contributed by atoms with Crippen molar-refractivity contribution in [3.8, 4) is 11.5 Å². The number of aliphatic hydroxyl groups excluding tert-OH is 1. The zero-order valence-corrected chi connectivity index (χ0v) is 9.18. The Hall–Kier alpha value is -1.75. The molecule has 1 rings (SSSR count). The highest BCUT2D eigenvalue weighted by atomic mass is 16.5. The first kappa shape index (κ1) is 12.3. The Morgan fingerprint density at radius 3 is 3.00 bits per heavy atom. The average Bonchev–Trinajstić information content (AvgIpc) is 2.29. The lowest BCUT2D eigenvalue weighted by Crippen LogP contribution is -2.11. The fraction of sp³-hybridized carbons (Fsp3) is 0.364. The lowest BCUT2D eigenvalue weighted by atomic mass is 10.2. The van der Waals surface area contributed by atoms with Crippen LogP contribution in [0.5, 0.6) is 11.5 Å². The molecule has 88 valence electrons. The highest BCUT2D eigenvalue weighted by molar-refractivity contribution is 5.80. The smallest absolute Gasteiger partial charge is 0.161 e. The summed E-state index contributed by atoms with van der Waals surface area (Å²) in [6, 6.07) is 4.98. The highest BCUT2D eigenvalue weighted by Gasteiger charge is 2.01. The molecule has 0 atom stereocenters. The third kappa shape index (κ3) is 3.78. The quantitative estimate of drug-likeness (QED) is 0.378. The van der Waals surface area contributed by atoms with E-state index in [1.165, 1.54) is 0 Å². The van der Waals surface area contributed by atoms with Crippen molar-refractivity contribution in [2.24, 2.45) is 5.10 Å². The molecule has 3 N–H and O–H groups in total. The Morgan fingerprint density at radius 1 is 1.50 bits per heavy atom. The van der Waals surface area contributed by atoms with Gasteiger partial charge in [-0.25, -0.2) is 0 Å². The largest absolute Gasteiger partial charge is 0.504 e. The molecule has 0 aliphatic carbocycles. The van der Waals surface area contributed by atoms with Crippen molar-refractivity contribution in [2.75, 3.05) is 19.8 Å². The van der Waals surface area contributed by atoms with Crippen LogP contribution in [0.25, 0.3) is 0 Å². The summed E-state index contributed by atoms with van der Waals surface area (Å²) in [7, 11) is 0. The summed E-state index contributed by atoms with van der Waals surface area (Å²) in [6.45, 7) is 2.80. The minimum atomic E-state index is 0.0388. The molecule has 0 aromatic heterocycles. The standard InChI is InChI=1S/C11H16N2O3/c1-2-16-11-7-9(3-4-10(11)15)8-13-12-5-6-14/h3-4,7-8,12,14-15H,2,5-6H2,1H3. The second-order valence-corrected chi connectivity index (χ2v) is 3.05. The first-order valence-corrected chi connectivity index (χ1v) is 5.10. The van der Waals surface area contributed by atoms with Crippen LogP contribution in [0.2, 0.25) is 0 Å². The summed E-state index contributed by atoms with van der Waals surface area (Å²) < 4.78 is 5.23. The van der Waals surface area contributed by atoms with Crippen molar-refractivity contribution in [3.05, 3.63) is 23.8 Å². The number of aromatic hydroxyl groups is 1. The molecule has 1 aromatic carbocycles. The van der Waals surface area contributed by atoms with Gasteiger partial charge in [-0.2, -0.15) is 5.10 Å². The number of hydrazone groups is 1. The van der Waals surface area contributed by atoms with E-state index in [-0.39, 0.29) is 12.4 Å². The van der Waals surface area contributed by atoms with E-state index >= 15 is 0 Å². The van der Waals surface area contributed by atoms with Crippen molar-refractivity contribution in [2.45, 2.75) is 6.92 Å². The summed E-state index contributed by atoms with van der Waals surface area (Å²) in [6.07, 6.45) is 1.59. The maximum Gasteiger partial charge on any atom is 0.161 e. The van der Waals surface area contributed by atoms with Crippen molar-refractivity contribution in [1.82, 2.24) is 5.43 Å². The summed E-state index contributed by atoms with van der Waals surface area (Å²) in [5.74, 6) is 0.552. The number of phenolic OH excluding ortho intramolecular Hbond substituents is 1. The number of benzene rings is 1. The summed E-state index contributed by atoms with van der Waals surface area (Å²) in [5.41, 5.74) is 3.48. The van der Waals surface area contributed by atoms with Gasteiger partial charge in [0.15, 0.2) is 11.5 Å². The number of aliphatic hydroxyl groups is 1. The van der Waals surface area contributed by atoms with Crippen molar-refractivity contribution < 1.29 is 14.9 Å². The Labute approximate surface area is 94.4 Å². The van der Waals surface area contributed by atoms with Crippen molar-refractivity contribution in [1.29, 1.82) is 0 Å². The van der Waals surface area contributed by atoms with Gasteiger partial charge >= 0.3 is 0 Å². The molecule has 0 amide bonds. The third-order valence-corrected chi connectivity index (χ3v) is 1.81. The van der Waals surface area contributed by atoms with Gasteiger partial charge in [-0.3, -0.25) is 0 Å². The Bertz CT molecular complexity index is 353. The predicted octanol–water partition coefficient (Wildman–Crippen LogP) is 0.707. The van der Waals surface area contributed by atoms with Crippen LogP contribution in [0.4, 0.5) is 0 Å². The van der Waals surface area contributed by atoms with Gasteiger partial charge in [0.25, 0.3) is 0 Å². The van der Waals surface area contributed by atoms with Crippen LogP contribution in [0.1, 0.15) is 12.5 Å². The number of phenols is 1. The topological polar surface area (TPSA) is 74.1 Å². The molecule has 5 nitrogen and oxygen atoms in total. The first-order valence-electron chi connectivity index (χ1n) is 5.10. The molecular formula is C11H16N2O3. The molecule has 0 aliphatic rings. The predicted molar refractivity (Wildman–Crippen MR) is 62.0 cm³/mol. The Kier molecular flexibility index (Phi) is 5.15. The molecule has 0 saturated carbocycles. The van der Waals surface area contributed by atoms with Gasteiger partial charge < -0.3 is 20.4 Å². The van der Waals surface area contributed by atoms with Gasteiger partial charge in [0.2, 0.25) is 0 Å². The lowest BCUT2D eigenvalue weighted by molar-refractivity contribution is 0.294. The number of hydrogen-bond donors (Lipinski definition) is 3. The number of nitrogens with zero attached hydrogens (tertiary/aromatic N) is 1. The lowest BCUT2D eigenvalue weighted by Gasteiger charge is -2.05. The van der Waals surface area contributed by atoms with Gasteiger partial charge in [-0.15, -0.1) is 0 Å². The van der Waals surface area contributed by atoms with Crippen molar-refractivity contribution >= 4 is 6.21 Å². The Morgan fingerprint density at radius 2 is 2.31 bits per heavy atom. The fourth-order valence-electron chi connectivity index (χ4n) is 1.12. The maximum atomic E-state index is 9.46. The van der Waals surface area contributed by atoms with Crippen LogP contribution in [-0.2, 0) is 0 Å². The molecular weight excluding hydrogens is 208 g/mol. The van der Waals surface area contributed by atoms with E-state index in [1.807, 2.05) is 6.92 Å². The average molecular weight is 224 g/mol. The molecule has 0 fully saturated rings. The van der Waals surface area contributed by atoms with E-state index in [0.29, 0.717) is 18.9 Å². The molecule has 0 aliphatic heterocycles. The molecule has 0 spiro atoms. The molecule has 0 unspecified atom stereocenters. The molecule has 16 heavy (non-hydrogen) atoms. The zero-order chi connectivity index (χ0) is 11.8. The van der Waals surface area contributed by atoms with Gasteiger partial charge in [0.1, 0.15) is 0 Å². The van der Waals surface area contributed by atoms with Crippen LogP contribution in [0, 0.1) is 0 Å². The van der Waals surface area contributed by atoms with Gasteiger partial charge in [-0.1, -0.05) is 0 Å². The van der Waals surface area contributed by atoms with Crippen LogP contribution in [0.15, 0.2) is 23.3 Å². The Balaban J connectivity index is 2.66. The third-order valence-electron chi connectivity index (χ3n) is 1.81. The number of ether oxygens (including phenoxy) is 1. The summed E-state index contributed by atoms with van der Waals surface area (Å²) >= 11 is 0. The van der Waals surface area contributed by atoms with Gasteiger partial charge in [0, 0.05) is 0 Å². The first-order chi connectivity index (χ1) is 7.77. The SMILES string of the molecule is CCOc1cc(C=NNCCO)ccc1O. The number of nitrogens with one attached hydrogen (secondary N) is 1. The zero-order valence-electron chi connectivity index (χ0n) is 9.18. The van der Waals surface area contributed by atoms with Crippen molar-refractivity contribution in [3.63, 3.8) is 0 Å². The second-order valence-electron chi connectivity index (χ2n) is 3.05. The van der Waals surface area contributed by atoms with Crippen LogP contribution in [-0.4, -0.2) is 36.2 Å². The molecule has 0 saturated heterocycles. The summed E-state index contributed by atoms with van der Waals surface area (Å²) in [5, 5.41) is 21.9. The van der Waals surface area contributed by atoms with Gasteiger partial charge in [-0.05, 0) is 30.7 Å². The monoisotopic (exact) mass is 224 g/mol. The van der Waals surface area contributed by atoms with E-state index in [4.69, 9.17) is 9.84 Å². The minimum absolute atomic E-state index is 0.0388. The number of rotatable bonds is 6. The summed E-state index contributed by atoms with van der Waals surface area (Å²) in [4.78, 5) is 0. The molecule has 5 heteroatoms. The van der Waals surface area contributed by atoms with E-state index in [9.17, 15) is 5.11 Å². The van der Waals surface area contributed by atoms with E-state index < -0.39 is 0 Å². The highest BCUT2D eigenvalue weighted by Crippen LogP contribution is 2.25. The normalized spacial score (nSPS) is 10.6. The maximum absolute atomic E-state index is 9.46. The molecule has 0 radical (unpaired) electrons. The van der Waals surface area contributed by atoms with E-state index in [0.717, 1.165) is 5.56 Å². The fourth-order valence-corrected chi connectivity index (χ4v) is 1.12. The molecule has 0 heterocycles. The minimum Gasteiger partial charge on any atom is -0.504 e.